The summed E-state index contributed by atoms with van der Waals surface area (Å²) >= 11 is 0. The number of hydrogen-bond donors (Lipinski definition) is 1. The Balaban J connectivity index is 2.04. The molecule has 2 aromatic rings. The molecule has 0 aliphatic rings. The lowest BCUT2D eigenvalue weighted by atomic mass is 10.1. The number of nitrogens with one attached hydrogen (secondary N) is 1. The highest BCUT2D eigenvalue weighted by Gasteiger charge is 2.13. The van der Waals surface area contributed by atoms with E-state index in [1.165, 1.54) is 18.2 Å². The fraction of sp³-hybridized carbons (Fsp3) is 0.333. The van der Waals surface area contributed by atoms with Crippen molar-refractivity contribution in [2.45, 2.75) is 26.7 Å². The van der Waals surface area contributed by atoms with E-state index >= 15 is 0 Å². The van der Waals surface area contributed by atoms with Crippen LogP contribution in [0.5, 0.6) is 5.75 Å². The zero-order valence-electron chi connectivity index (χ0n) is 14.0. The van der Waals surface area contributed by atoms with Crippen molar-refractivity contribution in [3.63, 3.8) is 0 Å². The molecule has 1 aromatic heterocycles. The number of benzene rings is 1. The number of hydrogen-bond acceptors (Lipinski definition) is 3. The van der Waals surface area contributed by atoms with Gasteiger partial charge in [-0.1, -0.05) is 5.92 Å². The van der Waals surface area contributed by atoms with Gasteiger partial charge in [-0.2, -0.15) is 5.10 Å². The van der Waals surface area contributed by atoms with Crippen LogP contribution in [0, 0.1) is 32.0 Å². The first kappa shape index (κ1) is 17.5. The first-order valence-corrected chi connectivity index (χ1v) is 7.57. The van der Waals surface area contributed by atoms with Gasteiger partial charge in [0.25, 0.3) is 0 Å². The van der Waals surface area contributed by atoms with Crippen LogP contribution in [0.2, 0.25) is 0 Å². The fourth-order valence-electron chi connectivity index (χ4n) is 2.48. The summed E-state index contributed by atoms with van der Waals surface area (Å²) in [5.74, 6) is 1.99. The van der Waals surface area contributed by atoms with Crippen molar-refractivity contribution in [3.8, 4) is 18.1 Å². The van der Waals surface area contributed by atoms with Gasteiger partial charge in [0, 0.05) is 25.2 Å². The molecular formula is C18H20FN3O2. The van der Waals surface area contributed by atoms with Gasteiger partial charge in [0.05, 0.1) is 11.4 Å². The molecule has 0 saturated heterocycles. The number of amides is 1. The zero-order chi connectivity index (χ0) is 17.7. The van der Waals surface area contributed by atoms with Gasteiger partial charge in [0.15, 0.2) is 0 Å². The van der Waals surface area contributed by atoms with E-state index < -0.39 is 5.82 Å². The van der Waals surface area contributed by atoms with Gasteiger partial charge in [-0.15, -0.1) is 6.42 Å². The third-order valence-corrected chi connectivity index (χ3v) is 3.79. The van der Waals surface area contributed by atoms with Crippen LogP contribution in [0.4, 0.5) is 10.1 Å². The Hall–Kier alpha value is -2.81. The molecule has 1 amide bonds. The van der Waals surface area contributed by atoms with E-state index in [1.807, 2.05) is 20.9 Å². The molecule has 0 radical (unpaired) electrons. The number of halogens is 1. The van der Waals surface area contributed by atoms with Crippen molar-refractivity contribution in [1.82, 2.24) is 9.78 Å². The molecule has 0 bridgehead atoms. The summed E-state index contributed by atoms with van der Waals surface area (Å²) in [6, 6.07) is 3.91. The molecule has 5 nitrogen and oxygen atoms in total. The summed E-state index contributed by atoms with van der Waals surface area (Å²) in [6.45, 7) is 3.92. The molecule has 0 atom stereocenters. The highest BCUT2D eigenvalue weighted by molar-refractivity contribution is 5.92. The van der Waals surface area contributed by atoms with Crippen LogP contribution in [-0.4, -0.2) is 22.3 Å². The fourth-order valence-corrected chi connectivity index (χ4v) is 2.48. The molecule has 2 rings (SSSR count). The van der Waals surface area contributed by atoms with Crippen molar-refractivity contribution in [2.24, 2.45) is 7.05 Å². The van der Waals surface area contributed by atoms with E-state index in [9.17, 15) is 9.18 Å². The lowest BCUT2D eigenvalue weighted by Crippen LogP contribution is -2.14. The summed E-state index contributed by atoms with van der Waals surface area (Å²) < 4.78 is 20.5. The normalized spacial score (nSPS) is 10.3. The largest absolute Gasteiger partial charge is 0.479 e. The molecule has 1 heterocycles. The van der Waals surface area contributed by atoms with Crippen molar-refractivity contribution in [3.05, 3.63) is 41.0 Å². The maximum atomic E-state index is 13.4. The Kier molecular flexibility index (Phi) is 5.59. The molecule has 0 aliphatic heterocycles. The van der Waals surface area contributed by atoms with Gasteiger partial charge in [0.1, 0.15) is 18.2 Å². The predicted octanol–water partition coefficient (Wildman–Crippen LogP) is 2.76. The van der Waals surface area contributed by atoms with E-state index in [2.05, 4.69) is 16.3 Å². The van der Waals surface area contributed by atoms with Crippen LogP contribution in [0.3, 0.4) is 0 Å². The molecule has 24 heavy (non-hydrogen) atoms. The molecule has 0 aliphatic carbocycles. The van der Waals surface area contributed by atoms with Gasteiger partial charge in [0.2, 0.25) is 5.91 Å². The third-order valence-electron chi connectivity index (χ3n) is 3.79. The number of ether oxygens (including phenoxy) is 1. The van der Waals surface area contributed by atoms with E-state index in [1.54, 1.807) is 4.68 Å². The Bertz CT molecular complexity index is 790. The second kappa shape index (κ2) is 7.64. The van der Waals surface area contributed by atoms with E-state index in [0.29, 0.717) is 12.2 Å². The molecule has 0 unspecified atom stereocenters. The first-order valence-electron chi connectivity index (χ1n) is 7.57. The summed E-state index contributed by atoms with van der Waals surface area (Å²) in [6.07, 6.45) is 5.98. The number of aryl methyl sites for hydroxylation is 2. The topological polar surface area (TPSA) is 56.1 Å². The highest BCUT2D eigenvalue weighted by atomic mass is 19.1. The minimum Gasteiger partial charge on any atom is -0.479 e. The molecule has 0 saturated carbocycles. The summed E-state index contributed by atoms with van der Waals surface area (Å²) in [7, 11) is 1.87. The minimum atomic E-state index is -0.461. The average Bonchev–Trinajstić information content (AvgIpc) is 2.77. The molecule has 126 valence electrons. The number of anilines is 1. The standard InChI is InChI=1S/C18H20FN3O2/c1-5-10-24-17-8-6-14(19)11-16(17)20-18(23)9-7-15-12(2)21-22(4)13(15)3/h1,6,8,11H,7,9-10H2,2-4H3,(H,20,23). The molecule has 0 spiro atoms. The van der Waals surface area contributed by atoms with Crippen molar-refractivity contribution < 1.29 is 13.9 Å². The maximum absolute atomic E-state index is 13.4. The number of terminal acetylenes is 1. The quantitative estimate of drug-likeness (QED) is 0.829. The summed E-state index contributed by atoms with van der Waals surface area (Å²) in [5.41, 5.74) is 3.27. The Morgan fingerprint density at radius 2 is 2.21 bits per heavy atom. The van der Waals surface area contributed by atoms with Crippen molar-refractivity contribution in [2.75, 3.05) is 11.9 Å². The van der Waals surface area contributed by atoms with E-state index in [4.69, 9.17) is 11.2 Å². The smallest absolute Gasteiger partial charge is 0.224 e. The van der Waals surface area contributed by atoms with Gasteiger partial charge >= 0.3 is 0 Å². The molecule has 6 heteroatoms. The van der Waals surface area contributed by atoms with Crippen LogP contribution >= 0.6 is 0 Å². The average molecular weight is 329 g/mol. The predicted molar refractivity (Wildman–Crippen MR) is 90.4 cm³/mol. The number of rotatable bonds is 6. The van der Waals surface area contributed by atoms with Crippen molar-refractivity contribution >= 4 is 11.6 Å². The Labute approximate surface area is 140 Å². The molecule has 0 fully saturated rings. The van der Waals surface area contributed by atoms with E-state index in [-0.39, 0.29) is 24.6 Å². The maximum Gasteiger partial charge on any atom is 0.224 e. The van der Waals surface area contributed by atoms with Gasteiger partial charge in [-0.25, -0.2) is 4.39 Å². The Morgan fingerprint density at radius 1 is 1.46 bits per heavy atom. The lowest BCUT2D eigenvalue weighted by Gasteiger charge is -2.11. The summed E-state index contributed by atoms with van der Waals surface area (Å²) in [4.78, 5) is 12.2. The van der Waals surface area contributed by atoms with Crippen LogP contribution in [-0.2, 0) is 18.3 Å². The van der Waals surface area contributed by atoms with E-state index in [0.717, 1.165) is 17.0 Å². The van der Waals surface area contributed by atoms with Gasteiger partial charge < -0.3 is 10.1 Å². The SMILES string of the molecule is C#CCOc1ccc(F)cc1NC(=O)CCc1c(C)nn(C)c1C. The third kappa shape index (κ3) is 4.13. The van der Waals surface area contributed by atoms with Gasteiger partial charge in [-0.3, -0.25) is 9.48 Å². The number of carbonyl (C=O) groups excluding carboxylic acids is 1. The number of carbonyl (C=O) groups is 1. The number of aromatic nitrogens is 2. The summed E-state index contributed by atoms with van der Waals surface area (Å²) in [5, 5.41) is 7.01. The molecular weight excluding hydrogens is 309 g/mol. The molecule has 1 N–H and O–H groups in total. The molecule has 1 aromatic carbocycles. The minimum absolute atomic E-state index is 0.0442. The van der Waals surface area contributed by atoms with Crippen LogP contribution in [0.1, 0.15) is 23.4 Å². The Morgan fingerprint density at radius 3 is 2.83 bits per heavy atom. The monoisotopic (exact) mass is 329 g/mol. The second-order valence-corrected chi connectivity index (χ2v) is 5.45. The second-order valence-electron chi connectivity index (χ2n) is 5.45. The highest BCUT2D eigenvalue weighted by Crippen LogP contribution is 2.25. The van der Waals surface area contributed by atoms with Crippen molar-refractivity contribution in [1.29, 1.82) is 0 Å². The first-order chi connectivity index (χ1) is 11.4. The number of nitrogens with zero attached hydrogens (tertiary/aromatic N) is 2. The lowest BCUT2D eigenvalue weighted by molar-refractivity contribution is -0.116. The van der Waals surface area contributed by atoms with Crippen LogP contribution in [0.25, 0.3) is 0 Å². The zero-order valence-corrected chi connectivity index (χ0v) is 14.0. The van der Waals surface area contributed by atoms with Crippen LogP contribution in [0.15, 0.2) is 18.2 Å². The van der Waals surface area contributed by atoms with Gasteiger partial charge in [-0.05, 0) is 38.0 Å². The van der Waals surface area contributed by atoms with Crippen LogP contribution < -0.4 is 10.1 Å².